The number of urea groups is 1. The van der Waals surface area contributed by atoms with Gasteiger partial charge in [0.05, 0.1) is 0 Å². The van der Waals surface area contributed by atoms with Crippen LogP contribution in [0.4, 0.5) is 10.5 Å². The Kier molecular flexibility index (Phi) is 6.75. The molecule has 2 aromatic carbocycles. The van der Waals surface area contributed by atoms with E-state index in [9.17, 15) is 24.0 Å². The third-order valence-electron chi connectivity index (χ3n) is 7.17. The molecule has 0 unspecified atom stereocenters. The van der Waals surface area contributed by atoms with Gasteiger partial charge in [0.2, 0.25) is 11.8 Å². The lowest BCUT2D eigenvalue weighted by atomic mass is 9.92. The Bertz CT molecular complexity index is 1290. The molecule has 2 saturated carbocycles. The van der Waals surface area contributed by atoms with Gasteiger partial charge in [0.1, 0.15) is 0 Å². The van der Waals surface area contributed by atoms with Crippen LogP contribution in [-0.2, 0) is 9.59 Å². The number of anilines is 1. The van der Waals surface area contributed by atoms with E-state index in [1.807, 2.05) is 0 Å². The minimum atomic E-state index is -1.30. The molecule has 5 rings (SSSR count). The molecular weight excluding hydrogens is 498 g/mol. The van der Waals surface area contributed by atoms with Gasteiger partial charge < -0.3 is 5.32 Å². The molecule has 1 saturated heterocycles. The van der Waals surface area contributed by atoms with E-state index in [-0.39, 0.29) is 23.4 Å². The van der Waals surface area contributed by atoms with Gasteiger partial charge >= 0.3 is 6.03 Å². The predicted octanol–water partition coefficient (Wildman–Crippen LogP) is 3.19. The summed E-state index contributed by atoms with van der Waals surface area (Å²) in [5, 5.41) is 9.28. The Morgan fingerprint density at radius 2 is 1.62 bits per heavy atom. The molecule has 3 aliphatic rings. The number of benzene rings is 2. The van der Waals surface area contributed by atoms with Crippen molar-refractivity contribution in [1.82, 2.24) is 15.6 Å². The lowest BCUT2D eigenvalue weighted by Crippen LogP contribution is -2.62. The third kappa shape index (κ3) is 5.10. The topological polar surface area (TPSA) is 137 Å². The van der Waals surface area contributed by atoms with Crippen LogP contribution in [0.5, 0.6) is 0 Å². The molecular formula is C26H24ClN5O5. The summed E-state index contributed by atoms with van der Waals surface area (Å²) < 4.78 is 0. The van der Waals surface area contributed by atoms with Crippen molar-refractivity contribution in [2.45, 2.75) is 31.7 Å². The number of amides is 6. The van der Waals surface area contributed by atoms with Gasteiger partial charge in [0.25, 0.3) is 11.8 Å². The average Bonchev–Trinajstić information content (AvgIpc) is 3.50. The van der Waals surface area contributed by atoms with Crippen LogP contribution in [-0.4, -0.2) is 46.8 Å². The number of barbiturate groups is 1. The van der Waals surface area contributed by atoms with Crippen LogP contribution < -0.4 is 16.1 Å². The fourth-order valence-corrected chi connectivity index (χ4v) is 5.45. The van der Waals surface area contributed by atoms with E-state index in [4.69, 9.17) is 11.6 Å². The van der Waals surface area contributed by atoms with Gasteiger partial charge in [0.15, 0.2) is 5.92 Å². The molecule has 2 bridgehead atoms. The van der Waals surface area contributed by atoms with Crippen molar-refractivity contribution in [3.8, 4) is 0 Å². The van der Waals surface area contributed by atoms with Crippen molar-refractivity contribution in [3.63, 3.8) is 0 Å². The second-order valence-corrected chi connectivity index (χ2v) is 9.92. The molecule has 0 radical (unpaired) electrons. The molecule has 3 N–H and O–H groups in total. The summed E-state index contributed by atoms with van der Waals surface area (Å²) in [7, 11) is 0. The van der Waals surface area contributed by atoms with Crippen molar-refractivity contribution < 1.29 is 24.0 Å². The first kappa shape index (κ1) is 24.6. The number of carbonyl (C=O) groups excluding carboxylic acids is 5. The number of halogens is 1. The van der Waals surface area contributed by atoms with Gasteiger partial charge in [-0.25, -0.2) is 10.2 Å². The number of fused-ring (bicyclic) bond motifs is 2. The molecule has 0 spiro atoms. The van der Waals surface area contributed by atoms with Crippen molar-refractivity contribution in [1.29, 1.82) is 0 Å². The lowest BCUT2D eigenvalue weighted by molar-refractivity contribution is -0.141. The smallest absolute Gasteiger partial charge is 0.322 e. The molecule has 3 fully saturated rings. The van der Waals surface area contributed by atoms with Gasteiger partial charge in [-0.3, -0.25) is 29.4 Å². The molecule has 4 atom stereocenters. The number of hydrogen-bond acceptors (Lipinski definition) is 6. The number of hydrazone groups is 1. The van der Waals surface area contributed by atoms with Crippen molar-refractivity contribution in [2.24, 2.45) is 22.9 Å². The summed E-state index contributed by atoms with van der Waals surface area (Å²) >= 11 is 5.84. The van der Waals surface area contributed by atoms with Crippen molar-refractivity contribution in [3.05, 3.63) is 64.7 Å². The normalized spacial score (nSPS) is 24.9. The number of nitrogens with zero attached hydrogens (tertiary/aromatic N) is 2. The second-order valence-electron chi connectivity index (χ2n) is 9.48. The van der Waals surface area contributed by atoms with E-state index in [2.05, 4.69) is 21.2 Å². The largest absolute Gasteiger partial charge is 0.331 e. The molecule has 37 heavy (non-hydrogen) atoms. The molecule has 2 aromatic rings. The summed E-state index contributed by atoms with van der Waals surface area (Å²) in [6.07, 6.45) is 4.88. The van der Waals surface area contributed by atoms with Gasteiger partial charge in [-0.2, -0.15) is 5.10 Å². The standard InChI is InChI=1S/C26H24ClN5O5/c27-18-7-3-15(4-8-18)22(33)29-19-9-5-16(6-10-19)23(34)31-28-13-20-24(35)30-26(37)32(25(20)36)21-12-14-1-2-17(21)11-14/h3-10,13-14,17,20-21H,1-2,11-12H2,(H,29,33)(H,31,34)(H,30,35,37)/b28-13-/t14-,17-,20-,21+/m0/s1. The van der Waals surface area contributed by atoms with E-state index in [1.54, 1.807) is 36.4 Å². The maximum Gasteiger partial charge on any atom is 0.331 e. The Morgan fingerprint density at radius 1 is 0.946 bits per heavy atom. The zero-order valence-electron chi connectivity index (χ0n) is 19.6. The fraction of sp³-hybridized carbons (Fsp3) is 0.308. The summed E-state index contributed by atoms with van der Waals surface area (Å²) in [5.74, 6) is -2.81. The molecule has 6 amide bonds. The van der Waals surface area contributed by atoms with E-state index in [0.717, 1.165) is 31.9 Å². The summed E-state index contributed by atoms with van der Waals surface area (Å²) in [6, 6.07) is 11.6. The van der Waals surface area contributed by atoms with Gasteiger partial charge in [-0.05, 0) is 79.6 Å². The highest BCUT2D eigenvalue weighted by Gasteiger charge is 2.50. The van der Waals surface area contributed by atoms with E-state index in [0.29, 0.717) is 22.2 Å². The molecule has 1 aliphatic heterocycles. The molecule has 10 nitrogen and oxygen atoms in total. The van der Waals surface area contributed by atoms with Crippen molar-refractivity contribution >= 4 is 53.2 Å². The van der Waals surface area contributed by atoms with Crippen LogP contribution in [0.15, 0.2) is 53.6 Å². The Hall–Kier alpha value is -4.05. The van der Waals surface area contributed by atoms with Crippen molar-refractivity contribution in [2.75, 3.05) is 5.32 Å². The summed E-state index contributed by atoms with van der Waals surface area (Å²) in [5.41, 5.74) is 3.46. The molecule has 0 aromatic heterocycles. The predicted molar refractivity (Wildman–Crippen MR) is 135 cm³/mol. The third-order valence-corrected chi connectivity index (χ3v) is 7.42. The number of hydrogen-bond donors (Lipinski definition) is 3. The number of rotatable bonds is 6. The minimum absolute atomic E-state index is 0.205. The second kappa shape index (κ2) is 10.1. The van der Waals surface area contributed by atoms with Gasteiger partial charge in [-0.15, -0.1) is 0 Å². The number of nitrogens with one attached hydrogen (secondary N) is 3. The average molecular weight is 522 g/mol. The first-order chi connectivity index (χ1) is 17.8. The first-order valence-corrected chi connectivity index (χ1v) is 12.4. The summed E-state index contributed by atoms with van der Waals surface area (Å²) in [4.78, 5) is 63.7. The molecule has 2 aliphatic carbocycles. The molecule has 1 heterocycles. The number of imide groups is 2. The Labute approximate surface area is 217 Å². The van der Waals surface area contributed by atoms with E-state index in [1.165, 1.54) is 17.0 Å². The quantitative estimate of drug-likeness (QED) is 0.304. The van der Waals surface area contributed by atoms with Crippen LogP contribution in [0.3, 0.4) is 0 Å². The van der Waals surface area contributed by atoms with Crippen LogP contribution >= 0.6 is 11.6 Å². The maximum atomic E-state index is 13.0. The Balaban J connectivity index is 1.18. The maximum absolute atomic E-state index is 13.0. The monoisotopic (exact) mass is 521 g/mol. The van der Waals surface area contributed by atoms with Gasteiger partial charge in [0, 0.05) is 34.1 Å². The van der Waals surface area contributed by atoms with E-state index < -0.39 is 29.7 Å². The highest BCUT2D eigenvalue weighted by Crippen LogP contribution is 2.47. The fourth-order valence-electron chi connectivity index (χ4n) is 5.32. The summed E-state index contributed by atoms with van der Waals surface area (Å²) in [6.45, 7) is 0. The lowest BCUT2D eigenvalue weighted by Gasteiger charge is -2.36. The first-order valence-electron chi connectivity index (χ1n) is 12.0. The van der Waals surface area contributed by atoms with E-state index >= 15 is 0 Å². The van der Waals surface area contributed by atoms with Crippen LogP contribution in [0.25, 0.3) is 0 Å². The highest BCUT2D eigenvalue weighted by molar-refractivity contribution is 6.30. The molecule has 190 valence electrons. The molecule has 11 heteroatoms. The van der Waals surface area contributed by atoms with Crippen LogP contribution in [0, 0.1) is 17.8 Å². The zero-order valence-corrected chi connectivity index (χ0v) is 20.4. The van der Waals surface area contributed by atoms with Crippen LogP contribution in [0.2, 0.25) is 5.02 Å². The number of carbonyl (C=O) groups is 5. The Morgan fingerprint density at radius 3 is 2.27 bits per heavy atom. The highest BCUT2D eigenvalue weighted by atomic mass is 35.5. The van der Waals surface area contributed by atoms with Gasteiger partial charge in [-0.1, -0.05) is 18.0 Å². The SMILES string of the molecule is O=C(N/N=C\[C@H]1C(=O)NC(=O)N([C@@H]2C[C@H]3CC[C@H]2C3)C1=O)c1ccc(NC(=O)c2ccc(Cl)cc2)cc1. The van der Waals surface area contributed by atoms with Crippen LogP contribution in [0.1, 0.15) is 46.4 Å². The minimum Gasteiger partial charge on any atom is -0.322 e. The zero-order chi connectivity index (χ0) is 26.1.